The van der Waals surface area contributed by atoms with Crippen LogP contribution in [0.1, 0.15) is 78.1 Å². The van der Waals surface area contributed by atoms with Crippen molar-refractivity contribution in [2.24, 2.45) is 5.92 Å². The van der Waals surface area contributed by atoms with E-state index in [-0.39, 0.29) is 5.92 Å². The minimum Gasteiger partial charge on any atom is -0.338 e. The van der Waals surface area contributed by atoms with E-state index >= 15 is 0 Å². The number of carbonyl (C=O) groups excluding carboxylic acids is 1. The molecule has 1 aliphatic heterocycles. The monoisotopic (exact) mass is 294 g/mol. The van der Waals surface area contributed by atoms with Gasteiger partial charge in [0.1, 0.15) is 0 Å². The van der Waals surface area contributed by atoms with Crippen LogP contribution in [0.15, 0.2) is 0 Å². The van der Waals surface area contributed by atoms with Gasteiger partial charge in [-0.1, -0.05) is 38.5 Å². The summed E-state index contributed by atoms with van der Waals surface area (Å²) in [6.07, 6.45) is 12.5. The standard InChI is InChI=1S/C18H34N2O/c1-15(2)20(14-17-12-8-9-13-19-17)18(21)16-10-6-4-3-5-7-11-16/h15-17,19H,3-14H2,1-2H3. The zero-order valence-electron chi connectivity index (χ0n) is 14.1. The second kappa shape index (κ2) is 8.77. The third kappa shape index (κ3) is 5.28. The van der Waals surface area contributed by atoms with E-state index in [4.69, 9.17) is 0 Å². The first-order valence-corrected chi connectivity index (χ1v) is 9.22. The molecule has 1 aliphatic carbocycles. The van der Waals surface area contributed by atoms with E-state index in [1.165, 1.54) is 51.4 Å². The number of hydrogen-bond donors (Lipinski definition) is 1. The number of nitrogens with one attached hydrogen (secondary N) is 1. The van der Waals surface area contributed by atoms with Crippen LogP contribution < -0.4 is 5.32 Å². The lowest BCUT2D eigenvalue weighted by atomic mass is 9.89. The van der Waals surface area contributed by atoms with Crippen LogP contribution >= 0.6 is 0 Å². The van der Waals surface area contributed by atoms with E-state index in [0.29, 0.717) is 18.0 Å². The molecule has 1 amide bonds. The quantitative estimate of drug-likeness (QED) is 0.857. The minimum absolute atomic E-state index is 0.288. The summed E-state index contributed by atoms with van der Waals surface area (Å²) in [5, 5.41) is 3.59. The molecular formula is C18H34N2O. The van der Waals surface area contributed by atoms with E-state index in [1.54, 1.807) is 0 Å². The summed E-state index contributed by atoms with van der Waals surface area (Å²) in [6.45, 7) is 6.37. The van der Waals surface area contributed by atoms with Gasteiger partial charge in [0, 0.05) is 24.5 Å². The van der Waals surface area contributed by atoms with Crippen LogP contribution in [0.3, 0.4) is 0 Å². The Morgan fingerprint density at radius 2 is 1.62 bits per heavy atom. The maximum Gasteiger partial charge on any atom is 0.225 e. The number of amides is 1. The third-order valence-corrected chi connectivity index (χ3v) is 5.19. The molecule has 2 rings (SSSR count). The maximum absolute atomic E-state index is 13.0. The highest BCUT2D eigenvalue weighted by atomic mass is 16.2. The van der Waals surface area contributed by atoms with Gasteiger partial charge in [-0.2, -0.15) is 0 Å². The van der Waals surface area contributed by atoms with E-state index in [0.717, 1.165) is 25.9 Å². The first-order valence-electron chi connectivity index (χ1n) is 9.22. The molecule has 0 aromatic heterocycles. The van der Waals surface area contributed by atoms with E-state index in [1.807, 2.05) is 0 Å². The largest absolute Gasteiger partial charge is 0.338 e. The molecule has 0 aromatic rings. The van der Waals surface area contributed by atoms with Gasteiger partial charge in [0.15, 0.2) is 0 Å². The predicted octanol–water partition coefficient (Wildman–Crippen LogP) is 3.73. The van der Waals surface area contributed by atoms with Crippen molar-refractivity contribution < 1.29 is 4.79 Å². The molecule has 2 fully saturated rings. The molecule has 21 heavy (non-hydrogen) atoms. The van der Waals surface area contributed by atoms with Crippen LogP contribution in [-0.4, -0.2) is 36.0 Å². The topological polar surface area (TPSA) is 32.3 Å². The Balaban J connectivity index is 1.93. The van der Waals surface area contributed by atoms with Crippen molar-refractivity contribution in [3.63, 3.8) is 0 Å². The zero-order chi connectivity index (χ0) is 15.1. The number of hydrogen-bond acceptors (Lipinski definition) is 2. The molecule has 2 aliphatic rings. The first-order chi connectivity index (χ1) is 10.2. The lowest BCUT2D eigenvalue weighted by Gasteiger charge is -2.36. The van der Waals surface area contributed by atoms with Crippen molar-refractivity contribution in [2.75, 3.05) is 13.1 Å². The van der Waals surface area contributed by atoms with Crippen LogP contribution in [0.2, 0.25) is 0 Å². The second-order valence-corrected chi connectivity index (χ2v) is 7.27. The Morgan fingerprint density at radius 3 is 2.19 bits per heavy atom. The van der Waals surface area contributed by atoms with Crippen molar-refractivity contribution in [3.05, 3.63) is 0 Å². The molecule has 3 nitrogen and oxygen atoms in total. The summed E-state index contributed by atoms with van der Waals surface area (Å²) in [7, 11) is 0. The fraction of sp³-hybridized carbons (Fsp3) is 0.944. The Morgan fingerprint density at radius 1 is 1.00 bits per heavy atom. The van der Waals surface area contributed by atoms with Crippen molar-refractivity contribution in [1.82, 2.24) is 10.2 Å². The van der Waals surface area contributed by atoms with Crippen LogP contribution in [-0.2, 0) is 4.79 Å². The maximum atomic E-state index is 13.0. The highest BCUT2D eigenvalue weighted by Gasteiger charge is 2.28. The molecule has 1 N–H and O–H groups in total. The summed E-state index contributed by atoms with van der Waals surface area (Å²) >= 11 is 0. The molecular weight excluding hydrogens is 260 g/mol. The van der Waals surface area contributed by atoms with Crippen molar-refractivity contribution in [3.8, 4) is 0 Å². The summed E-state index contributed by atoms with van der Waals surface area (Å²) in [4.78, 5) is 15.1. The van der Waals surface area contributed by atoms with Crippen molar-refractivity contribution in [2.45, 2.75) is 90.1 Å². The van der Waals surface area contributed by atoms with Gasteiger partial charge in [-0.05, 0) is 46.1 Å². The number of piperidine rings is 1. The molecule has 1 saturated heterocycles. The van der Waals surface area contributed by atoms with Crippen LogP contribution in [0, 0.1) is 5.92 Å². The average Bonchev–Trinajstić information content (AvgIpc) is 2.44. The molecule has 1 heterocycles. The summed E-state index contributed by atoms with van der Waals surface area (Å²) < 4.78 is 0. The lowest BCUT2D eigenvalue weighted by Crippen LogP contribution is -2.50. The minimum atomic E-state index is 0.288. The Kier molecular flexibility index (Phi) is 7.01. The molecule has 3 heteroatoms. The fourth-order valence-electron chi connectivity index (χ4n) is 3.81. The second-order valence-electron chi connectivity index (χ2n) is 7.27. The molecule has 122 valence electrons. The first kappa shape index (κ1) is 16.8. The predicted molar refractivity (Wildman–Crippen MR) is 88.3 cm³/mol. The van der Waals surface area contributed by atoms with Crippen molar-refractivity contribution in [1.29, 1.82) is 0 Å². The Labute approximate surface area is 130 Å². The molecule has 1 unspecified atom stereocenters. The number of rotatable bonds is 4. The number of carbonyl (C=O) groups is 1. The van der Waals surface area contributed by atoms with Gasteiger partial charge < -0.3 is 10.2 Å². The summed E-state index contributed by atoms with van der Waals surface area (Å²) in [5.41, 5.74) is 0. The number of nitrogens with zero attached hydrogens (tertiary/aromatic N) is 1. The highest BCUT2D eigenvalue weighted by Crippen LogP contribution is 2.25. The lowest BCUT2D eigenvalue weighted by molar-refractivity contribution is -0.138. The SMILES string of the molecule is CC(C)N(CC1CCCCN1)C(=O)C1CCCCCCC1. The molecule has 1 atom stereocenters. The van der Waals surface area contributed by atoms with Crippen LogP contribution in [0.25, 0.3) is 0 Å². The smallest absolute Gasteiger partial charge is 0.225 e. The normalized spacial score (nSPS) is 25.4. The van der Waals surface area contributed by atoms with E-state index in [2.05, 4.69) is 24.1 Å². The van der Waals surface area contributed by atoms with Gasteiger partial charge in [-0.25, -0.2) is 0 Å². The fourth-order valence-corrected chi connectivity index (χ4v) is 3.81. The third-order valence-electron chi connectivity index (χ3n) is 5.19. The van der Waals surface area contributed by atoms with E-state index in [9.17, 15) is 4.79 Å². The van der Waals surface area contributed by atoms with Gasteiger partial charge in [-0.3, -0.25) is 4.79 Å². The summed E-state index contributed by atoms with van der Waals surface area (Å²) in [6, 6.07) is 0.838. The highest BCUT2D eigenvalue weighted by molar-refractivity contribution is 5.79. The summed E-state index contributed by atoms with van der Waals surface area (Å²) in [5.74, 6) is 0.718. The molecule has 0 spiro atoms. The van der Waals surface area contributed by atoms with Crippen LogP contribution in [0.4, 0.5) is 0 Å². The zero-order valence-corrected chi connectivity index (χ0v) is 14.1. The van der Waals surface area contributed by atoms with Crippen molar-refractivity contribution >= 4 is 5.91 Å². The molecule has 0 aromatic carbocycles. The molecule has 1 saturated carbocycles. The molecule has 0 radical (unpaired) electrons. The van der Waals surface area contributed by atoms with Gasteiger partial charge >= 0.3 is 0 Å². The van der Waals surface area contributed by atoms with Crippen LogP contribution in [0.5, 0.6) is 0 Å². The Bertz CT molecular complexity index is 302. The van der Waals surface area contributed by atoms with Gasteiger partial charge in [0.2, 0.25) is 5.91 Å². The van der Waals surface area contributed by atoms with E-state index < -0.39 is 0 Å². The van der Waals surface area contributed by atoms with Gasteiger partial charge in [-0.15, -0.1) is 0 Å². The Hall–Kier alpha value is -0.570. The van der Waals surface area contributed by atoms with Gasteiger partial charge in [0.05, 0.1) is 0 Å². The van der Waals surface area contributed by atoms with Gasteiger partial charge in [0.25, 0.3) is 0 Å². The average molecular weight is 294 g/mol. The molecule has 0 bridgehead atoms.